The van der Waals surface area contributed by atoms with Crippen molar-refractivity contribution in [1.82, 2.24) is 9.97 Å². The summed E-state index contributed by atoms with van der Waals surface area (Å²) in [4.78, 5) is 8.22. The molecule has 0 aromatic carbocycles. The zero-order valence-electron chi connectivity index (χ0n) is 10.5. The first kappa shape index (κ1) is 12.6. The molecule has 0 amide bonds. The molecule has 1 fully saturated rings. The Bertz CT molecular complexity index is 442. The number of rotatable bonds is 4. The third-order valence-corrected chi connectivity index (χ3v) is 3.19. The van der Waals surface area contributed by atoms with Crippen molar-refractivity contribution in [3.63, 3.8) is 0 Å². The quantitative estimate of drug-likeness (QED) is 0.365. The smallest absolute Gasteiger partial charge is 0.228 e. The van der Waals surface area contributed by atoms with Crippen LogP contribution in [0.4, 0.5) is 0 Å². The van der Waals surface area contributed by atoms with Gasteiger partial charge in [0.1, 0.15) is 11.4 Å². The molecular weight excluding hydrogens is 232 g/mol. The van der Waals surface area contributed by atoms with Crippen LogP contribution in [0.3, 0.4) is 0 Å². The van der Waals surface area contributed by atoms with E-state index in [0.29, 0.717) is 29.8 Å². The van der Waals surface area contributed by atoms with E-state index in [2.05, 4.69) is 15.1 Å². The molecule has 6 heteroatoms. The Labute approximate surface area is 106 Å². The minimum Gasteiger partial charge on any atom is -0.477 e. The highest BCUT2D eigenvalue weighted by atomic mass is 16.5. The molecular formula is C12H18N4O2. The molecule has 0 spiro atoms. The normalized spacial score (nSPS) is 17.1. The summed E-state index contributed by atoms with van der Waals surface area (Å²) in [7, 11) is 0. The molecule has 0 saturated heterocycles. The van der Waals surface area contributed by atoms with Gasteiger partial charge < -0.3 is 15.7 Å². The lowest BCUT2D eigenvalue weighted by molar-refractivity contribution is 0.242. The van der Waals surface area contributed by atoms with Crippen LogP contribution in [0.5, 0.6) is 5.88 Å². The van der Waals surface area contributed by atoms with Crippen molar-refractivity contribution >= 4 is 5.84 Å². The second kappa shape index (κ2) is 5.66. The molecule has 98 valence electrons. The monoisotopic (exact) mass is 250 g/mol. The number of aryl methyl sites for hydroxylation is 1. The van der Waals surface area contributed by atoms with Crippen molar-refractivity contribution in [3.05, 3.63) is 17.6 Å². The van der Waals surface area contributed by atoms with E-state index in [1.807, 2.05) is 0 Å². The van der Waals surface area contributed by atoms with Crippen LogP contribution in [0.15, 0.2) is 11.4 Å². The van der Waals surface area contributed by atoms with Crippen molar-refractivity contribution in [2.75, 3.05) is 6.61 Å². The maximum Gasteiger partial charge on any atom is 0.228 e. The molecule has 1 aliphatic carbocycles. The van der Waals surface area contributed by atoms with Gasteiger partial charge >= 0.3 is 0 Å². The highest BCUT2D eigenvalue weighted by molar-refractivity contribution is 5.98. The predicted molar refractivity (Wildman–Crippen MR) is 66.7 cm³/mol. The third-order valence-electron chi connectivity index (χ3n) is 3.19. The topological polar surface area (TPSA) is 93.6 Å². The molecule has 1 aromatic heterocycles. The maximum atomic E-state index is 8.71. The minimum atomic E-state index is -0.0311. The highest BCUT2D eigenvalue weighted by Crippen LogP contribution is 2.25. The van der Waals surface area contributed by atoms with Crippen LogP contribution in [0.25, 0.3) is 0 Å². The van der Waals surface area contributed by atoms with Crippen molar-refractivity contribution in [2.45, 2.75) is 32.6 Å². The lowest BCUT2D eigenvalue weighted by Crippen LogP contribution is -2.18. The number of nitrogens with zero attached hydrogens (tertiary/aromatic N) is 3. The number of ether oxygens (including phenoxy) is 1. The summed E-state index contributed by atoms with van der Waals surface area (Å²) in [6, 6.07) is 0. The van der Waals surface area contributed by atoms with Gasteiger partial charge in [-0.3, -0.25) is 0 Å². The van der Waals surface area contributed by atoms with Gasteiger partial charge in [-0.25, -0.2) is 4.98 Å². The largest absolute Gasteiger partial charge is 0.477 e. The molecule has 0 bridgehead atoms. The Morgan fingerprint density at radius 2 is 2.28 bits per heavy atom. The van der Waals surface area contributed by atoms with Gasteiger partial charge in [0.25, 0.3) is 0 Å². The molecule has 6 nitrogen and oxygen atoms in total. The average Bonchev–Trinajstić information content (AvgIpc) is 2.88. The van der Waals surface area contributed by atoms with Gasteiger partial charge in [-0.05, 0) is 25.7 Å². The molecule has 1 aliphatic rings. The molecule has 0 unspecified atom stereocenters. The van der Waals surface area contributed by atoms with Crippen LogP contribution in [0, 0.1) is 12.8 Å². The number of nitrogens with two attached hydrogens (primary N) is 1. The van der Waals surface area contributed by atoms with E-state index < -0.39 is 0 Å². The Hall–Kier alpha value is -1.85. The van der Waals surface area contributed by atoms with E-state index in [1.54, 1.807) is 6.92 Å². The van der Waals surface area contributed by atoms with Crippen molar-refractivity contribution in [2.24, 2.45) is 16.8 Å². The van der Waals surface area contributed by atoms with Gasteiger partial charge in [-0.2, -0.15) is 4.98 Å². The van der Waals surface area contributed by atoms with Crippen molar-refractivity contribution in [1.29, 1.82) is 0 Å². The molecule has 1 heterocycles. The van der Waals surface area contributed by atoms with Crippen LogP contribution >= 0.6 is 0 Å². The molecule has 0 atom stereocenters. The summed E-state index contributed by atoms with van der Waals surface area (Å²) in [6.07, 6.45) is 6.45. The van der Waals surface area contributed by atoms with E-state index in [1.165, 1.54) is 31.9 Å². The summed E-state index contributed by atoms with van der Waals surface area (Å²) in [6.45, 7) is 2.40. The van der Waals surface area contributed by atoms with Crippen LogP contribution < -0.4 is 10.5 Å². The molecule has 2 rings (SSSR count). The summed E-state index contributed by atoms with van der Waals surface area (Å²) in [5.41, 5.74) is 6.00. The van der Waals surface area contributed by atoms with Gasteiger partial charge in [0.2, 0.25) is 5.88 Å². The number of hydrogen-bond donors (Lipinski definition) is 2. The zero-order chi connectivity index (χ0) is 13.0. The number of hydrogen-bond acceptors (Lipinski definition) is 5. The van der Waals surface area contributed by atoms with E-state index in [0.717, 1.165) is 0 Å². The first-order valence-corrected chi connectivity index (χ1v) is 6.15. The van der Waals surface area contributed by atoms with Gasteiger partial charge in [0.05, 0.1) is 6.61 Å². The van der Waals surface area contributed by atoms with E-state index in [9.17, 15) is 0 Å². The lowest BCUT2D eigenvalue weighted by Gasteiger charge is -2.13. The van der Waals surface area contributed by atoms with Gasteiger partial charge in [0.15, 0.2) is 5.84 Å². The van der Waals surface area contributed by atoms with Gasteiger partial charge in [-0.1, -0.05) is 18.0 Å². The molecule has 18 heavy (non-hydrogen) atoms. The summed E-state index contributed by atoms with van der Waals surface area (Å²) >= 11 is 0. The summed E-state index contributed by atoms with van der Waals surface area (Å²) < 4.78 is 5.70. The van der Waals surface area contributed by atoms with Crippen LogP contribution in [0.2, 0.25) is 0 Å². The Balaban J connectivity index is 2.11. The molecule has 1 aromatic rings. The first-order valence-electron chi connectivity index (χ1n) is 6.15. The van der Waals surface area contributed by atoms with E-state index in [-0.39, 0.29) is 5.84 Å². The minimum absolute atomic E-state index is 0.0311. The van der Waals surface area contributed by atoms with E-state index >= 15 is 0 Å². The number of aromatic nitrogens is 2. The second-order valence-electron chi connectivity index (χ2n) is 4.58. The van der Waals surface area contributed by atoms with Crippen LogP contribution in [-0.2, 0) is 0 Å². The van der Waals surface area contributed by atoms with Crippen LogP contribution in [0.1, 0.15) is 37.1 Å². The fourth-order valence-electron chi connectivity index (χ4n) is 2.16. The van der Waals surface area contributed by atoms with E-state index in [4.69, 9.17) is 15.7 Å². The van der Waals surface area contributed by atoms with Crippen molar-refractivity contribution in [3.8, 4) is 5.88 Å². The number of oxime groups is 1. The fourth-order valence-corrected chi connectivity index (χ4v) is 2.16. The predicted octanol–water partition coefficient (Wildman–Crippen LogP) is 1.45. The number of amidine groups is 1. The lowest BCUT2D eigenvalue weighted by atomic mass is 10.1. The zero-order valence-corrected chi connectivity index (χ0v) is 10.5. The maximum absolute atomic E-state index is 8.71. The van der Waals surface area contributed by atoms with Gasteiger partial charge in [0, 0.05) is 6.20 Å². The second-order valence-corrected chi connectivity index (χ2v) is 4.58. The first-order chi connectivity index (χ1) is 8.70. The average molecular weight is 250 g/mol. The summed E-state index contributed by atoms with van der Waals surface area (Å²) in [5.74, 6) is 1.55. The Morgan fingerprint density at radius 1 is 1.56 bits per heavy atom. The standard InChI is InChI=1S/C12H18N4O2/c1-8-14-6-10(11(13)16-17)12(15-8)18-7-9-4-2-3-5-9/h6,9,17H,2-5,7H2,1H3,(H2,13,16). The SMILES string of the molecule is Cc1ncc(C(N)=NO)c(OCC2CCCC2)n1. The van der Waals surface area contributed by atoms with Crippen molar-refractivity contribution < 1.29 is 9.94 Å². The highest BCUT2D eigenvalue weighted by Gasteiger charge is 2.18. The third kappa shape index (κ3) is 2.88. The molecule has 0 aliphatic heterocycles. The Morgan fingerprint density at radius 3 is 2.94 bits per heavy atom. The molecule has 3 N–H and O–H groups in total. The Kier molecular flexibility index (Phi) is 3.96. The molecule has 1 saturated carbocycles. The fraction of sp³-hybridized carbons (Fsp3) is 0.583. The molecule has 0 radical (unpaired) electrons. The van der Waals surface area contributed by atoms with Gasteiger partial charge in [-0.15, -0.1) is 0 Å². The summed E-state index contributed by atoms with van der Waals surface area (Å²) in [5, 5.41) is 11.7. The van der Waals surface area contributed by atoms with Crippen LogP contribution in [-0.4, -0.2) is 27.6 Å².